The monoisotopic (exact) mass is 236 g/mol. The van der Waals surface area contributed by atoms with Crippen molar-refractivity contribution in [3.63, 3.8) is 0 Å². The molecule has 1 saturated heterocycles. The molecular formula is C10H21ClN2O2. The van der Waals surface area contributed by atoms with Gasteiger partial charge in [0.1, 0.15) is 0 Å². The molecular weight excluding hydrogens is 216 g/mol. The van der Waals surface area contributed by atoms with Gasteiger partial charge < -0.3 is 15.4 Å². The fourth-order valence-corrected chi connectivity index (χ4v) is 1.97. The molecule has 90 valence electrons. The number of nitrogens with one attached hydrogen (secondary N) is 2. The third kappa shape index (κ3) is 3.63. The van der Waals surface area contributed by atoms with E-state index >= 15 is 0 Å². The lowest BCUT2D eigenvalue weighted by Crippen LogP contribution is -2.50. The van der Waals surface area contributed by atoms with Crippen LogP contribution >= 0.6 is 12.4 Å². The average molecular weight is 237 g/mol. The van der Waals surface area contributed by atoms with Crippen molar-refractivity contribution < 1.29 is 9.53 Å². The molecule has 0 radical (unpaired) electrons. The lowest BCUT2D eigenvalue weighted by atomic mass is 9.78. The second kappa shape index (κ2) is 7.04. The first-order valence-corrected chi connectivity index (χ1v) is 5.23. The summed E-state index contributed by atoms with van der Waals surface area (Å²) in [5, 5.41) is 6.15. The van der Waals surface area contributed by atoms with E-state index in [9.17, 15) is 4.79 Å². The fourth-order valence-electron chi connectivity index (χ4n) is 1.97. The minimum Gasteiger partial charge on any atom is -0.384 e. The van der Waals surface area contributed by atoms with Crippen molar-refractivity contribution in [1.82, 2.24) is 10.6 Å². The number of hydrogen-bond acceptors (Lipinski definition) is 3. The van der Waals surface area contributed by atoms with Crippen LogP contribution in [0.15, 0.2) is 0 Å². The molecule has 1 fully saturated rings. The molecule has 0 atom stereocenters. The number of methoxy groups -OCH3 is 1. The van der Waals surface area contributed by atoms with Crippen molar-refractivity contribution >= 4 is 18.3 Å². The molecule has 0 unspecified atom stereocenters. The van der Waals surface area contributed by atoms with Gasteiger partial charge >= 0.3 is 0 Å². The van der Waals surface area contributed by atoms with E-state index in [4.69, 9.17) is 4.74 Å². The van der Waals surface area contributed by atoms with Gasteiger partial charge in [-0.1, -0.05) is 0 Å². The fraction of sp³-hybridized carbons (Fsp3) is 0.900. The van der Waals surface area contributed by atoms with E-state index in [1.165, 1.54) is 0 Å². The van der Waals surface area contributed by atoms with Gasteiger partial charge in [0.25, 0.3) is 0 Å². The molecule has 1 rings (SSSR count). The van der Waals surface area contributed by atoms with Gasteiger partial charge in [0.15, 0.2) is 0 Å². The van der Waals surface area contributed by atoms with Crippen LogP contribution in [-0.2, 0) is 9.53 Å². The number of carbonyl (C=O) groups excluding carboxylic acids is 1. The van der Waals surface area contributed by atoms with Crippen molar-refractivity contribution in [2.45, 2.75) is 19.8 Å². The number of halogens is 1. The van der Waals surface area contributed by atoms with Crippen molar-refractivity contribution in [1.29, 1.82) is 0 Å². The van der Waals surface area contributed by atoms with Crippen LogP contribution in [0.1, 0.15) is 19.8 Å². The highest BCUT2D eigenvalue weighted by Crippen LogP contribution is 2.29. The first-order chi connectivity index (χ1) is 6.75. The largest absolute Gasteiger partial charge is 0.384 e. The van der Waals surface area contributed by atoms with Gasteiger partial charge in [0.2, 0.25) is 5.91 Å². The Morgan fingerprint density at radius 3 is 2.53 bits per heavy atom. The van der Waals surface area contributed by atoms with E-state index in [-0.39, 0.29) is 23.7 Å². The van der Waals surface area contributed by atoms with Crippen LogP contribution in [0.3, 0.4) is 0 Å². The van der Waals surface area contributed by atoms with E-state index in [1.807, 2.05) is 6.92 Å². The van der Waals surface area contributed by atoms with E-state index in [2.05, 4.69) is 10.6 Å². The smallest absolute Gasteiger partial charge is 0.228 e. The van der Waals surface area contributed by atoms with Crippen LogP contribution in [0.4, 0.5) is 0 Å². The van der Waals surface area contributed by atoms with E-state index in [0.717, 1.165) is 25.9 Å². The molecule has 1 aliphatic rings. The van der Waals surface area contributed by atoms with E-state index < -0.39 is 0 Å². The number of rotatable bonds is 4. The molecule has 1 aliphatic heterocycles. The van der Waals surface area contributed by atoms with Gasteiger partial charge in [-0.2, -0.15) is 0 Å². The van der Waals surface area contributed by atoms with Crippen LogP contribution < -0.4 is 10.6 Å². The Balaban J connectivity index is 0.00000196. The average Bonchev–Trinajstić information content (AvgIpc) is 2.20. The predicted molar refractivity (Wildman–Crippen MR) is 62.3 cm³/mol. The lowest BCUT2D eigenvalue weighted by molar-refractivity contribution is -0.136. The maximum absolute atomic E-state index is 11.9. The zero-order valence-corrected chi connectivity index (χ0v) is 10.3. The van der Waals surface area contributed by atoms with Gasteiger partial charge in [-0.05, 0) is 32.9 Å². The van der Waals surface area contributed by atoms with Gasteiger partial charge in [0.05, 0.1) is 12.0 Å². The number of piperidine rings is 1. The maximum Gasteiger partial charge on any atom is 0.228 e. The van der Waals surface area contributed by atoms with Crippen LogP contribution in [0.2, 0.25) is 0 Å². The molecule has 1 heterocycles. The third-order valence-corrected chi connectivity index (χ3v) is 2.80. The van der Waals surface area contributed by atoms with E-state index in [0.29, 0.717) is 13.2 Å². The predicted octanol–water partition coefficient (Wildman–Crippen LogP) is 0.560. The maximum atomic E-state index is 11.9. The summed E-state index contributed by atoms with van der Waals surface area (Å²) < 4.78 is 5.16. The van der Waals surface area contributed by atoms with Crippen molar-refractivity contribution in [2.24, 2.45) is 5.41 Å². The number of ether oxygens (including phenoxy) is 1. The third-order valence-electron chi connectivity index (χ3n) is 2.80. The molecule has 2 N–H and O–H groups in total. The molecule has 0 saturated carbocycles. The van der Waals surface area contributed by atoms with E-state index in [1.54, 1.807) is 7.11 Å². The number of carbonyl (C=O) groups is 1. The topological polar surface area (TPSA) is 50.4 Å². The summed E-state index contributed by atoms with van der Waals surface area (Å²) >= 11 is 0. The minimum absolute atomic E-state index is 0. The molecule has 5 heteroatoms. The standard InChI is InChI=1S/C10H20N2O2.ClH/c1-3-12-9(13)10(8-14-2)4-6-11-7-5-10;/h11H,3-8H2,1-2H3,(H,12,13);1H. The highest BCUT2D eigenvalue weighted by atomic mass is 35.5. The first kappa shape index (κ1) is 14.7. The Hall–Kier alpha value is -0.320. The zero-order chi connectivity index (χ0) is 10.4. The number of amides is 1. The first-order valence-electron chi connectivity index (χ1n) is 5.23. The molecule has 0 aliphatic carbocycles. The molecule has 0 aromatic carbocycles. The van der Waals surface area contributed by atoms with Crippen molar-refractivity contribution in [3.05, 3.63) is 0 Å². The van der Waals surface area contributed by atoms with Gasteiger partial charge in [-0.25, -0.2) is 0 Å². The quantitative estimate of drug-likeness (QED) is 0.750. The molecule has 1 amide bonds. The summed E-state index contributed by atoms with van der Waals surface area (Å²) in [6, 6.07) is 0. The zero-order valence-electron chi connectivity index (χ0n) is 9.47. The summed E-state index contributed by atoms with van der Waals surface area (Å²) in [5.41, 5.74) is -0.296. The normalized spacial score (nSPS) is 19.1. The van der Waals surface area contributed by atoms with Crippen LogP contribution in [-0.4, -0.2) is 39.3 Å². The summed E-state index contributed by atoms with van der Waals surface area (Å²) in [5.74, 6) is 0.142. The highest BCUT2D eigenvalue weighted by Gasteiger charge is 2.39. The molecule has 0 bridgehead atoms. The molecule has 4 nitrogen and oxygen atoms in total. The Bertz CT molecular complexity index is 188. The van der Waals surface area contributed by atoms with Crippen molar-refractivity contribution in [3.8, 4) is 0 Å². The van der Waals surface area contributed by atoms with Gasteiger partial charge in [-0.15, -0.1) is 12.4 Å². The Labute approximate surface area is 97.5 Å². The molecule has 0 aromatic heterocycles. The summed E-state index contributed by atoms with van der Waals surface area (Å²) in [4.78, 5) is 11.9. The van der Waals surface area contributed by atoms with Crippen LogP contribution in [0.25, 0.3) is 0 Å². The summed E-state index contributed by atoms with van der Waals surface area (Å²) in [6.07, 6.45) is 1.74. The second-order valence-electron chi connectivity index (χ2n) is 3.82. The lowest BCUT2D eigenvalue weighted by Gasteiger charge is -2.35. The van der Waals surface area contributed by atoms with Crippen molar-refractivity contribution in [2.75, 3.05) is 33.4 Å². The van der Waals surface area contributed by atoms with Gasteiger partial charge in [-0.3, -0.25) is 4.79 Å². The molecule has 0 aromatic rings. The minimum atomic E-state index is -0.296. The molecule has 15 heavy (non-hydrogen) atoms. The second-order valence-corrected chi connectivity index (χ2v) is 3.82. The van der Waals surface area contributed by atoms with Crippen LogP contribution in [0, 0.1) is 5.41 Å². The summed E-state index contributed by atoms with van der Waals surface area (Å²) in [7, 11) is 1.66. The van der Waals surface area contributed by atoms with Gasteiger partial charge in [0, 0.05) is 13.7 Å². The van der Waals surface area contributed by atoms with Crippen LogP contribution in [0.5, 0.6) is 0 Å². The Morgan fingerprint density at radius 2 is 2.07 bits per heavy atom. The number of hydrogen-bond donors (Lipinski definition) is 2. The molecule has 0 spiro atoms. The summed E-state index contributed by atoms with van der Waals surface area (Å²) in [6.45, 7) is 4.97. The Morgan fingerprint density at radius 1 is 1.47 bits per heavy atom. The Kier molecular flexibility index (Phi) is 6.89. The highest BCUT2D eigenvalue weighted by molar-refractivity contribution is 5.85. The SMILES string of the molecule is CCNC(=O)C1(COC)CCNCC1.Cl.